The van der Waals surface area contributed by atoms with Crippen LogP contribution in [0, 0.1) is 11.2 Å². The van der Waals surface area contributed by atoms with E-state index in [1.165, 1.54) is 17.2 Å². The van der Waals surface area contributed by atoms with E-state index in [1.54, 1.807) is 6.07 Å². The zero-order valence-corrected chi connectivity index (χ0v) is 11.3. The van der Waals surface area contributed by atoms with E-state index in [0.29, 0.717) is 12.2 Å². The summed E-state index contributed by atoms with van der Waals surface area (Å²) in [6, 6.07) is 4.38. The maximum absolute atomic E-state index is 13.1. The minimum Gasteiger partial charge on any atom is -0.272 e. The fourth-order valence-corrected chi connectivity index (χ4v) is 2.01. The van der Waals surface area contributed by atoms with Gasteiger partial charge < -0.3 is 0 Å². The molecule has 5 heteroatoms. The Kier molecular flexibility index (Phi) is 3.23. The lowest BCUT2D eigenvalue weighted by Crippen LogP contribution is -2.30. The van der Waals surface area contributed by atoms with Crippen molar-refractivity contribution >= 4 is 21.8 Å². The molecule has 0 spiro atoms. The average Bonchev–Trinajstić information content (AvgIpc) is 2.51. The summed E-state index contributed by atoms with van der Waals surface area (Å²) in [5, 5.41) is 1.29. The third-order valence-electron chi connectivity index (χ3n) is 2.71. The van der Waals surface area contributed by atoms with Gasteiger partial charge in [0.1, 0.15) is 5.82 Å². The largest absolute Gasteiger partial charge is 0.272 e. The number of halogens is 2. The van der Waals surface area contributed by atoms with Gasteiger partial charge in [0.05, 0.1) is 18.6 Å². The van der Waals surface area contributed by atoms with Crippen molar-refractivity contribution in [2.45, 2.75) is 20.4 Å². The van der Waals surface area contributed by atoms with E-state index in [2.05, 4.69) is 15.9 Å². The lowest BCUT2D eigenvalue weighted by molar-refractivity contribution is -0.165. The molecule has 1 aromatic rings. The number of benzene rings is 1. The number of nitrogens with zero attached hydrogens (tertiary/aromatic N) is 1. The Balaban J connectivity index is 2.17. The number of carbonyl (C=O) groups is 1. The molecule has 1 heterocycles. The third kappa shape index (κ3) is 2.50. The van der Waals surface area contributed by atoms with E-state index in [1.807, 2.05) is 13.8 Å². The summed E-state index contributed by atoms with van der Waals surface area (Å²) in [6.07, 6.45) is 0. The van der Waals surface area contributed by atoms with Crippen molar-refractivity contribution in [1.82, 2.24) is 5.06 Å². The van der Waals surface area contributed by atoms with E-state index in [-0.39, 0.29) is 18.3 Å². The van der Waals surface area contributed by atoms with Crippen molar-refractivity contribution in [2.24, 2.45) is 5.41 Å². The van der Waals surface area contributed by atoms with Crippen LogP contribution in [0.3, 0.4) is 0 Å². The second-order valence-electron chi connectivity index (χ2n) is 4.73. The number of hydroxylamine groups is 2. The molecule has 1 aliphatic rings. The molecular weight excluding hydrogens is 289 g/mol. The SMILES string of the molecule is CC1(C)CON(Cc2cc(F)ccc2Br)C1=O. The van der Waals surface area contributed by atoms with Crippen LogP contribution in [0.15, 0.2) is 22.7 Å². The summed E-state index contributed by atoms with van der Waals surface area (Å²) in [7, 11) is 0. The molecule has 1 saturated heterocycles. The highest BCUT2D eigenvalue weighted by Gasteiger charge is 2.40. The fraction of sp³-hybridized carbons (Fsp3) is 0.417. The van der Waals surface area contributed by atoms with E-state index in [9.17, 15) is 9.18 Å². The monoisotopic (exact) mass is 301 g/mol. The molecule has 0 aliphatic carbocycles. The van der Waals surface area contributed by atoms with Crippen LogP contribution in [0.4, 0.5) is 4.39 Å². The summed E-state index contributed by atoms with van der Waals surface area (Å²) in [6.45, 7) is 4.27. The smallest absolute Gasteiger partial charge is 0.254 e. The maximum Gasteiger partial charge on any atom is 0.254 e. The number of carbonyl (C=O) groups excluding carboxylic acids is 1. The molecule has 1 aromatic carbocycles. The van der Waals surface area contributed by atoms with Gasteiger partial charge in [-0.25, -0.2) is 9.45 Å². The molecule has 0 aromatic heterocycles. The summed E-state index contributed by atoms with van der Waals surface area (Å²) in [5.74, 6) is -0.400. The molecule has 1 amide bonds. The highest BCUT2D eigenvalue weighted by Crippen LogP contribution is 2.29. The Hall–Kier alpha value is -0.940. The first-order chi connectivity index (χ1) is 7.90. The minimum atomic E-state index is -0.500. The molecule has 0 unspecified atom stereocenters. The Labute approximate surface area is 108 Å². The zero-order valence-electron chi connectivity index (χ0n) is 9.67. The summed E-state index contributed by atoms with van der Waals surface area (Å²) >= 11 is 3.33. The molecule has 2 rings (SSSR count). The van der Waals surface area contributed by atoms with Gasteiger partial charge in [0.15, 0.2) is 0 Å². The number of rotatable bonds is 2. The summed E-state index contributed by atoms with van der Waals surface area (Å²) in [5.41, 5.74) is 0.191. The molecule has 0 radical (unpaired) electrons. The second-order valence-corrected chi connectivity index (χ2v) is 5.59. The van der Waals surface area contributed by atoms with Gasteiger partial charge in [-0.05, 0) is 37.6 Å². The highest BCUT2D eigenvalue weighted by atomic mass is 79.9. The first-order valence-electron chi connectivity index (χ1n) is 5.29. The Morgan fingerprint density at radius 1 is 1.53 bits per heavy atom. The Bertz CT molecular complexity index is 462. The molecule has 17 heavy (non-hydrogen) atoms. The second kappa shape index (κ2) is 4.38. The van der Waals surface area contributed by atoms with E-state index >= 15 is 0 Å². The number of hydrogen-bond donors (Lipinski definition) is 0. The van der Waals surface area contributed by atoms with Crippen molar-refractivity contribution < 1.29 is 14.0 Å². The molecule has 92 valence electrons. The highest BCUT2D eigenvalue weighted by molar-refractivity contribution is 9.10. The van der Waals surface area contributed by atoms with Crippen LogP contribution in [0.5, 0.6) is 0 Å². The van der Waals surface area contributed by atoms with Gasteiger partial charge in [0.25, 0.3) is 5.91 Å². The first-order valence-corrected chi connectivity index (χ1v) is 6.08. The zero-order chi connectivity index (χ0) is 12.6. The van der Waals surface area contributed by atoms with Crippen molar-refractivity contribution in [3.63, 3.8) is 0 Å². The van der Waals surface area contributed by atoms with Crippen LogP contribution in [0.2, 0.25) is 0 Å². The van der Waals surface area contributed by atoms with E-state index < -0.39 is 5.41 Å². The van der Waals surface area contributed by atoms with Gasteiger partial charge in [0, 0.05) is 4.47 Å². The lowest BCUT2D eigenvalue weighted by Gasteiger charge is -2.17. The summed E-state index contributed by atoms with van der Waals surface area (Å²) < 4.78 is 13.9. The van der Waals surface area contributed by atoms with Gasteiger partial charge in [-0.1, -0.05) is 15.9 Å². The molecule has 0 bridgehead atoms. The van der Waals surface area contributed by atoms with Crippen LogP contribution >= 0.6 is 15.9 Å². The lowest BCUT2D eigenvalue weighted by atomic mass is 9.95. The van der Waals surface area contributed by atoms with Crippen molar-refractivity contribution in [1.29, 1.82) is 0 Å². The van der Waals surface area contributed by atoms with Gasteiger partial charge in [0.2, 0.25) is 0 Å². The Morgan fingerprint density at radius 3 is 2.82 bits per heavy atom. The van der Waals surface area contributed by atoms with Gasteiger partial charge in [-0.15, -0.1) is 0 Å². The molecule has 1 fully saturated rings. The number of amides is 1. The molecule has 0 atom stereocenters. The molecule has 0 saturated carbocycles. The average molecular weight is 302 g/mol. The van der Waals surface area contributed by atoms with Gasteiger partial charge in [-0.3, -0.25) is 9.63 Å². The molecule has 3 nitrogen and oxygen atoms in total. The van der Waals surface area contributed by atoms with Crippen LogP contribution in [0.1, 0.15) is 19.4 Å². The van der Waals surface area contributed by atoms with Crippen LogP contribution < -0.4 is 0 Å². The third-order valence-corrected chi connectivity index (χ3v) is 3.48. The normalized spacial score (nSPS) is 18.8. The fourth-order valence-electron chi connectivity index (χ4n) is 1.63. The van der Waals surface area contributed by atoms with Gasteiger partial charge in [-0.2, -0.15) is 0 Å². The van der Waals surface area contributed by atoms with E-state index in [0.717, 1.165) is 4.47 Å². The standard InChI is InChI=1S/C12H13BrFNO2/c1-12(2)7-17-15(11(12)16)6-8-5-9(14)3-4-10(8)13/h3-5H,6-7H2,1-2H3. The predicted octanol–water partition coefficient (Wildman–Crippen LogP) is 2.89. The maximum atomic E-state index is 13.1. The van der Waals surface area contributed by atoms with E-state index in [4.69, 9.17) is 4.84 Å². The quantitative estimate of drug-likeness (QED) is 0.840. The van der Waals surface area contributed by atoms with Crippen molar-refractivity contribution in [2.75, 3.05) is 6.61 Å². The first kappa shape index (κ1) is 12.5. The number of hydrogen-bond acceptors (Lipinski definition) is 2. The molecular formula is C12H13BrFNO2. The summed E-state index contributed by atoms with van der Waals surface area (Å²) in [4.78, 5) is 17.2. The van der Waals surface area contributed by atoms with Crippen LogP contribution in [-0.2, 0) is 16.2 Å². The molecule has 0 N–H and O–H groups in total. The molecule has 1 aliphatic heterocycles. The minimum absolute atomic E-state index is 0.0753. The van der Waals surface area contributed by atoms with Crippen LogP contribution in [-0.4, -0.2) is 17.6 Å². The Morgan fingerprint density at radius 2 is 2.24 bits per heavy atom. The van der Waals surface area contributed by atoms with Crippen molar-refractivity contribution in [3.8, 4) is 0 Å². The predicted molar refractivity (Wildman–Crippen MR) is 64.4 cm³/mol. The topological polar surface area (TPSA) is 29.5 Å². The van der Waals surface area contributed by atoms with Crippen LogP contribution in [0.25, 0.3) is 0 Å². The van der Waals surface area contributed by atoms with Gasteiger partial charge >= 0.3 is 0 Å². The van der Waals surface area contributed by atoms with Crippen molar-refractivity contribution in [3.05, 3.63) is 34.1 Å².